The average Bonchev–Trinajstić information content (AvgIpc) is 3.81. The van der Waals surface area contributed by atoms with E-state index >= 15 is 0 Å². The SMILES string of the molecule is CO[C@H]1OCCN2[C@@H]1O[C@@H]1[C@H](C)O[C@@H](O[C@H]3C[C@](O)(C(=O)CO)Cc4c(O)c5c(c(O)c43)C(=O)c3c(OC(=O)CCSC4CC(=O)N(CC6CCC(C(=O)O)CC6)C4=O)cccc3C5=O)C[C@@H]12. The minimum absolute atomic E-state index is 0.00919. The van der Waals surface area contributed by atoms with Gasteiger partial charge >= 0.3 is 11.9 Å². The maximum Gasteiger partial charge on any atom is 0.312 e. The van der Waals surface area contributed by atoms with E-state index in [1.807, 2.05) is 0 Å². The first-order valence-corrected chi connectivity index (χ1v) is 23.5. The van der Waals surface area contributed by atoms with Crippen molar-refractivity contribution in [3.8, 4) is 17.2 Å². The number of Topliss-reactive ketones (excluding diaryl/α,β-unsaturated/α-hetero) is 1. The van der Waals surface area contributed by atoms with Crippen LogP contribution in [-0.4, -0.2) is 164 Å². The lowest BCUT2D eigenvalue weighted by Crippen LogP contribution is -2.55. The van der Waals surface area contributed by atoms with Gasteiger partial charge in [0.2, 0.25) is 17.6 Å². The van der Waals surface area contributed by atoms with Crippen LogP contribution in [0.15, 0.2) is 18.2 Å². The van der Waals surface area contributed by atoms with Crippen molar-refractivity contribution in [3.05, 3.63) is 51.6 Å². The molecular weight excluding hydrogens is 901 g/mol. The lowest BCUT2D eigenvalue weighted by molar-refractivity contribution is -0.256. The second-order valence-electron chi connectivity index (χ2n) is 18.3. The highest BCUT2D eigenvalue weighted by Crippen LogP contribution is 2.53. The van der Waals surface area contributed by atoms with E-state index in [1.165, 1.54) is 30.2 Å². The minimum Gasteiger partial charge on any atom is -0.507 e. The van der Waals surface area contributed by atoms with Crippen molar-refractivity contribution in [1.29, 1.82) is 0 Å². The number of carboxylic acid groups (broad SMARTS) is 1. The number of carboxylic acids is 1. The number of aliphatic carboxylic acids is 1. The van der Waals surface area contributed by atoms with Crippen LogP contribution in [0, 0.1) is 11.8 Å². The molecule has 0 aromatic heterocycles. The van der Waals surface area contributed by atoms with E-state index in [0.29, 0.717) is 38.8 Å². The molecular formula is C46H52N2O18S. The Hall–Kier alpha value is -4.84. The molecule has 4 aliphatic heterocycles. The number of methoxy groups -OCH3 is 1. The summed E-state index contributed by atoms with van der Waals surface area (Å²) in [6, 6.07) is 3.67. The van der Waals surface area contributed by atoms with Gasteiger partial charge in [0.15, 0.2) is 30.4 Å². The predicted octanol–water partition coefficient (Wildman–Crippen LogP) is 1.75. The van der Waals surface area contributed by atoms with Gasteiger partial charge in [0.05, 0.1) is 53.1 Å². The molecule has 4 saturated heterocycles. The number of imide groups is 1. The molecule has 2 aromatic rings. The molecule has 0 spiro atoms. The van der Waals surface area contributed by atoms with E-state index in [4.69, 9.17) is 28.4 Å². The van der Waals surface area contributed by atoms with Gasteiger partial charge in [-0.15, -0.1) is 11.8 Å². The molecule has 360 valence electrons. The zero-order chi connectivity index (χ0) is 47.6. The van der Waals surface area contributed by atoms with Crippen molar-refractivity contribution < 1.29 is 87.5 Å². The summed E-state index contributed by atoms with van der Waals surface area (Å²) in [5.41, 5.74) is -4.63. The van der Waals surface area contributed by atoms with Crippen molar-refractivity contribution in [2.45, 2.75) is 119 Å². The van der Waals surface area contributed by atoms with Crippen LogP contribution < -0.4 is 4.74 Å². The van der Waals surface area contributed by atoms with Gasteiger partial charge in [-0.05, 0) is 44.6 Å². The average molecular weight is 953 g/mol. The predicted molar refractivity (Wildman–Crippen MR) is 228 cm³/mol. The molecule has 5 fully saturated rings. The van der Waals surface area contributed by atoms with Crippen molar-refractivity contribution in [3.63, 3.8) is 0 Å². The number of ketones is 3. The monoisotopic (exact) mass is 952 g/mol. The number of fused-ring (bicyclic) bond motifs is 6. The zero-order valence-electron chi connectivity index (χ0n) is 36.8. The van der Waals surface area contributed by atoms with Crippen LogP contribution in [0.5, 0.6) is 17.2 Å². The number of nitrogens with zero attached hydrogens (tertiary/aromatic N) is 2. The summed E-state index contributed by atoms with van der Waals surface area (Å²) in [4.78, 5) is 95.9. The van der Waals surface area contributed by atoms with Gasteiger partial charge in [0.1, 0.15) is 35.6 Å². The number of aromatic hydroxyl groups is 2. The second kappa shape index (κ2) is 18.6. The number of esters is 1. The molecule has 3 aliphatic carbocycles. The molecule has 2 aromatic carbocycles. The van der Waals surface area contributed by atoms with E-state index in [9.17, 15) is 59.1 Å². The molecule has 1 unspecified atom stereocenters. The number of aliphatic hydroxyl groups is 2. The topological polar surface area (TPSA) is 282 Å². The van der Waals surface area contributed by atoms with Gasteiger partial charge in [0.25, 0.3) is 0 Å². The number of likely N-dealkylation sites (tertiary alicyclic amines) is 1. The van der Waals surface area contributed by atoms with E-state index in [0.717, 1.165) is 11.8 Å². The number of carbonyl (C=O) groups excluding carboxylic acids is 6. The van der Waals surface area contributed by atoms with E-state index in [2.05, 4.69) is 4.90 Å². The highest BCUT2D eigenvalue weighted by atomic mass is 32.2. The van der Waals surface area contributed by atoms with Crippen LogP contribution in [0.4, 0.5) is 0 Å². The first kappa shape index (κ1) is 47.2. The standard InChI is InChI=1S/C46H52N2O18S/c1-20-41-25(47-11-12-62-45(61-2)43(47)66-41)14-32(63-20)65-27-17-46(60,29(50)19-49)16-24-34(27)40(56)36-35(38(24)54)37(53)23-4-3-5-26(33(23)39(36)55)64-31(52)10-13-67-28-15-30(51)48(42(28)57)18-21-6-8-22(9-7-21)44(58)59/h3-5,20-22,25,27-28,32,41,43,45,49,54,56,60H,6-19H2,1-2H3,(H,58,59)/t20-,21?,22?,25-,27-,28?,32-,41+,43+,45-,46-/m0/s1. The van der Waals surface area contributed by atoms with Crippen LogP contribution >= 0.6 is 11.8 Å². The van der Waals surface area contributed by atoms with Gasteiger partial charge < -0.3 is 54.0 Å². The Morgan fingerprint density at radius 3 is 2.45 bits per heavy atom. The Labute approximate surface area is 387 Å². The van der Waals surface area contributed by atoms with E-state index in [-0.39, 0.29) is 83.3 Å². The first-order chi connectivity index (χ1) is 32.0. The number of hydrogen-bond donors (Lipinski definition) is 5. The van der Waals surface area contributed by atoms with Crippen LogP contribution in [0.25, 0.3) is 0 Å². The van der Waals surface area contributed by atoms with Crippen LogP contribution in [0.3, 0.4) is 0 Å². The third-order valence-electron chi connectivity index (χ3n) is 14.3. The molecule has 2 amide bonds. The van der Waals surface area contributed by atoms with Crippen molar-refractivity contribution in [1.82, 2.24) is 9.80 Å². The molecule has 9 atom stereocenters. The summed E-state index contributed by atoms with van der Waals surface area (Å²) < 4.78 is 35.9. The largest absolute Gasteiger partial charge is 0.507 e. The number of carbonyl (C=O) groups is 7. The maximum atomic E-state index is 14.6. The molecule has 67 heavy (non-hydrogen) atoms. The van der Waals surface area contributed by atoms with Crippen molar-refractivity contribution >= 4 is 52.9 Å². The molecule has 1 saturated carbocycles. The molecule has 0 radical (unpaired) electrons. The number of aliphatic hydroxyl groups excluding tert-OH is 1. The fourth-order valence-electron chi connectivity index (χ4n) is 10.9. The third-order valence-corrected chi connectivity index (χ3v) is 15.5. The summed E-state index contributed by atoms with van der Waals surface area (Å²) in [6.45, 7) is 1.81. The van der Waals surface area contributed by atoms with Gasteiger partial charge in [-0.2, -0.15) is 0 Å². The number of rotatable bonds is 13. The smallest absolute Gasteiger partial charge is 0.312 e. The normalized spacial score (nSPS) is 32.6. The van der Waals surface area contributed by atoms with Crippen LogP contribution in [0.1, 0.15) is 107 Å². The summed E-state index contributed by atoms with van der Waals surface area (Å²) in [7, 11) is 1.51. The number of phenolic OH excluding ortho intramolecular Hbond substituents is 2. The van der Waals surface area contributed by atoms with Gasteiger partial charge in [-0.25, -0.2) is 0 Å². The molecule has 20 nitrogen and oxygen atoms in total. The second-order valence-corrected chi connectivity index (χ2v) is 19.6. The Bertz CT molecular complexity index is 2400. The highest BCUT2D eigenvalue weighted by Gasteiger charge is 2.55. The summed E-state index contributed by atoms with van der Waals surface area (Å²) >= 11 is 1.10. The molecule has 9 rings (SSSR count). The lowest BCUT2D eigenvalue weighted by atomic mass is 9.72. The zero-order valence-corrected chi connectivity index (χ0v) is 37.6. The summed E-state index contributed by atoms with van der Waals surface area (Å²) in [5, 5.41) is 54.2. The first-order valence-electron chi connectivity index (χ1n) is 22.5. The Kier molecular flexibility index (Phi) is 13.1. The summed E-state index contributed by atoms with van der Waals surface area (Å²) in [6.07, 6.45) is -3.77. The molecule has 4 heterocycles. The quantitative estimate of drug-likeness (QED) is 0.0706. The Morgan fingerprint density at radius 1 is 0.985 bits per heavy atom. The number of phenols is 2. The van der Waals surface area contributed by atoms with Gasteiger partial charge in [-0.1, -0.05) is 12.1 Å². The van der Waals surface area contributed by atoms with E-state index in [1.54, 1.807) is 6.92 Å². The lowest BCUT2D eigenvalue weighted by Gasteiger charge is -2.43. The molecule has 7 aliphatic rings. The maximum absolute atomic E-state index is 14.6. The van der Waals surface area contributed by atoms with Gasteiger partial charge in [-0.3, -0.25) is 43.4 Å². The number of amides is 2. The number of hydrogen-bond acceptors (Lipinski definition) is 19. The minimum atomic E-state index is -2.34. The number of thioether (sulfide) groups is 1. The third kappa shape index (κ3) is 8.45. The number of benzene rings is 2. The van der Waals surface area contributed by atoms with Crippen molar-refractivity contribution in [2.24, 2.45) is 11.8 Å². The number of morpholine rings is 1. The van der Waals surface area contributed by atoms with Crippen LogP contribution in [-0.2, 0) is 54.1 Å². The molecule has 0 bridgehead atoms. The van der Waals surface area contributed by atoms with Crippen LogP contribution in [0.2, 0.25) is 0 Å². The fourth-order valence-corrected chi connectivity index (χ4v) is 12.0. The fraction of sp³-hybridized carbons (Fsp3) is 0.587. The van der Waals surface area contributed by atoms with Gasteiger partial charge in [0, 0.05) is 74.4 Å². The Morgan fingerprint density at radius 2 is 1.73 bits per heavy atom. The van der Waals surface area contributed by atoms with E-state index < -0.39 is 125 Å². The Balaban J connectivity index is 0.924. The van der Waals surface area contributed by atoms with Crippen molar-refractivity contribution in [2.75, 3.05) is 39.2 Å². The number of ether oxygens (including phenoxy) is 6. The summed E-state index contributed by atoms with van der Waals surface area (Å²) in [5.74, 6) is -7.53. The molecule has 5 N–H and O–H groups in total. The highest BCUT2D eigenvalue weighted by molar-refractivity contribution is 8.00. The molecule has 21 heteroatoms.